The van der Waals surface area contributed by atoms with E-state index < -0.39 is 0 Å². The first-order valence-electron chi connectivity index (χ1n) is 18.6. The molecule has 53 heavy (non-hydrogen) atoms. The summed E-state index contributed by atoms with van der Waals surface area (Å²) in [5, 5.41) is 15.6. The monoisotopic (exact) mass is 668 g/mol. The Labute approximate surface area is 306 Å². The fraction of sp³-hybridized carbons (Fsp3) is 0. The van der Waals surface area contributed by atoms with Crippen LogP contribution in [-0.4, -0.2) is 6.71 Å². The molecular formula is C50H29BN2. The quantitative estimate of drug-likeness (QED) is 0.134. The molecule has 13 rings (SSSR count). The number of nitrogens with zero attached hydrogens (tertiary/aromatic N) is 2. The van der Waals surface area contributed by atoms with E-state index in [1.807, 2.05) is 0 Å². The van der Waals surface area contributed by atoms with Crippen LogP contribution < -0.4 is 26.2 Å². The molecule has 2 nitrogen and oxygen atoms in total. The molecule has 3 heteroatoms. The largest absolute Gasteiger partial charge is 0.311 e. The van der Waals surface area contributed by atoms with Crippen molar-refractivity contribution in [2.24, 2.45) is 0 Å². The molecule has 0 saturated carbocycles. The van der Waals surface area contributed by atoms with E-state index in [9.17, 15) is 0 Å². The Morgan fingerprint density at radius 3 is 1.15 bits per heavy atom. The molecule has 0 spiro atoms. The minimum absolute atomic E-state index is 0.0903. The molecular weight excluding hydrogens is 639 g/mol. The van der Waals surface area contributed by atoms with Gasteiger partial charge in [0.15, 0.2) is 0 Å². The van der Waals surface area contributed by atoms with Crippen molar-refractivity contribution in [3.8, 4) is 0 Å². The molecule has 2 aliphatic heterocycles. The average molecular weight is 669 g/mol. The van der Waals surface area contributed by atoms with Gasteiger partial charge in [-0.1, -0.05) is 140 Å². The van der Waals surface area contributed by atoms with E-state index >= 15 is 0 Å². The van der Waals surface area contributed by atoms with Crippen LogP contribution in [0.25, 0.3) is 64.6 Å². The molecule has 0 atom stereocenters. The lowest BCUT2D eigenvalue weighted by atomic mass is 9.33. The van der Waals surface area contributed by atoms with Gasteiger partial charge < -0.3 is 9.80 Å². The number of anilines is 6. The van der Waals surface area contributed by atoms with Gasteiger partial charge in [0.25, 0.3) is 6.71 Å². The van der Waals surface area contributed by atoms with Crippen LogP contribution in [0.5, 0.6) is 0 Å². The van der Waals surface area contributed by atoms with Crippen LogP contribution in [-0.2, 0) is 0 Å². The Bertz CT molecular complexity index is 3110. The van der Waals surface area contributed by atoms with Gasteiger partial charge in [0.2, 0.25) is 0 Å². The van der Waals surface area contributed by atoms with Crippen molar-refractivity contribution in [2.45, 2.75) is 0 Å². The van der Waals surface area contributed by atoms with Crippen LogP contribution in [0.4, 0.5) is 34.1 Å². The van der Waals surface area contributed by atoms with Crippen molar-refractivity contribution < 1.29 is 0 Å². The summed E-state index contributed by atoms with van der Waals surface area (Å²) in [5.74, 6) is 0. The van der Waals surface area contributed by atoms with Crippen LogP contribution >= 0.6 is 0 Å². The highest BCUT2D eigenvalue weighted by Crippen LogP contribution is 2.50. The summed E-state index contributed by atoms with van der Waals surface area (Å²) in [7, 11) is 0. The standard InChI is InChI=1S/C50H29BN2/c1-3-20-40-38(18-1)51-39-19-2-4-21-41(39)53(45-29-35-15-6-11-31-25-27-33-13-8-17-37(45)49(33)47(31)35)43-23-9-22-42(50(43)51)52(40)44-28-34-14-5-10-30-24-26-32-12-7-16-36(44)48(32)46(30)34/h1-29H. The van der Waals surface area contributed by atoms with E-state index in [1.54, 1.807) is 0 Å². The lowest BCUT2D eigenvalue weighted by Crippen LogP contribution is -2.61. The summed E-state index contributed by atoms with van der Waals surface area (Å²) in [4.78, 5) is 5.12. The lowest BCUT2D eigenvalue weighted by molar-refractivity contribution is 1.27. The van der Waals surface area contributed by atoms with Gasteiger partial charge in [0.1, 0.15) is 0 Å². The fourth-order valence-corrected chi connectivity index (χ4v) is 10.2. The number of hydrogen-bond acceptors (Lipinski definition) is 2. The van der Waals surface area contributed by atoms with Gasteiger partial charge in [-0.05, 0) is 107 Å². The summed E-state index contributed by atoms with van der Waals surface area (Å²) in [6, 6.07) is 66.2. The first kappa shape index (κ1) is 27.8. The average Bonchev–Trinajstić information content (AvgIpc) is 3.22. The molecule has 2 heterocycles. The number of fused-ring (bicyclic) bond motifs is 4. The highest BCUT2D eigenvalue weighted by molar-refractivity contribution is 7.00. The van der Waals surface area contributed by atoms with Crippen molar-refractivity contribution in [1.82, 2.24) is 0 Å². The Morgan fingerprint density at radius 1 is 0.283 bits per heavy atom. The van der Waals surface area contributed by atoms with E-state index in [0.29, 0.717) is 0 Å². The number of benzene rings is 11. The van der Waals surface area contributed by atoms with Crippen LogP contribution in [0.3, 0.4) is 0 Å². The second-order valence-electron chi connectivity index (χ2n) is 14.8. The van der Waals surface area contributed by atoms with Crippen LogP contribution in [0.2, 0.25) is 0 Å². The predicted molar refractivity (Wildman–Crippen MR) is 228 cm³/mol. The zero-order chi connectivity index (χ0) is 34.4. The Hall–Kier alpha value is -6.84. The summed E-state index contributed by atoms with van der Waals surface area (Å²) in [6.07, 6.45) is 0. The Morgan fingerprint density at radius 2 is 0.660 bits per heavy atom. The van der Waals surface area contributed by atoms with E-state index in [1.165, 1.54) is 115 Å². The minimum Gasteiger partial charge on any atom is -0.311 e. The number of para-hydroxylation sites is 2. The van der Waals surface area contributed by atoms with Crippen LogP contribution in [0.15, 0.2) is 176 Å². The Balaban J connectivity index is 1.15. The maximum absolute atomic E-state index is 2.56. The van der Waals surface area contributed by atoms with Gasteiger partial charge >= 0.3 is 0 Å². The molecule has 0 radical (unpaired) electrons. The van der Waals surface area contributed by atoms with Gasteiger partial charge in [0, 0.05) is 33.5 Å². The van der Waals surface area contributed by atoms with Crippen molar-refractivity contribution >= 4 is 122 Å². The third-order valence-electron chi connectivity index (χ3n) is 12.3. The van der Waals surface area contributed by atoms with Crippen molar-refractivity contribution in [3.05, 3.63) is 176 Å². The summed E-state index contributed by atoms with van der Waals surface area (Å²) >= 11 is 0. The van der Waals surface area contributed by atoms with Gasteiger partial charge in [-0.3, -0.25) is 0 Å². The molecule has 2 aliphatic rings. The first-order valence-corrected chi connectivity index (χ1v) is 18.6. The Kier molecular flexibility index (Phi) is 5.22. The number of hydrogen-bond donors (Lipinski definition) is 0. The zero-order valence-corrected chi connectivity index (χ0v) is 28.7. The van der Waals surface area contributed by atoms with E-state index in [-0.39, 0.29) is 6.71 Å². The van der Waals surface area contributed by atoms with Crippen molar-refractivity contribution in [3.63, 3.8) is 0 Å². The first-order chi connectivity index (χ1) is 26.3. The predicted octanol–water partition coefficient (Wildman–Crippen LogP) is 11.6. The van der Waals surface area contributed by atoms with E-state index in [2.05, 4.69) is 186 Å². The van der Waals surface area contributed by atoms with Crippen molar-refractivity contribution in [2.75, 3.05) is 9.80 Å². The van der Waals surface area contributed by atoms with Crippen LogP contribution in [0.1, 0.15) is 0 Å². The second-order valence-corrected chi connectivity index (χ2v) is 14.8. The highest BCUT2D eigenvalue weighted by atomic mass is 15.2. The molecule has 11 aromatic carbocycles. The van der Waals surface area contributed by atoms with Gasteiger partial charge in [-0.2, -0.15) is 0 Å². The number of rotatable bonds is 2. The topological polar surface area (TPSA) is 6.48 Å². The molecule has 0 saturated heterocycles. The third kappa shape index (κ3) is 3.50. The minimum atomic E-state index is 0.0903. The van der Waals surface area contributed by atoms with E-state index in [4.69, 9.17) is 0 Å². The maximum atomic E-state index is 2.56. The van der Waals surface area contributed by atoms with Gasteiger partial charge in [-0.25, -0.2) is 0 Å². The molecule has 11 aromatic rings. The smallest absolute Gasteiger partial charge is 0.252 e. The van der Waals surface area contributed by atoms with E-state index in [0.717, 1.165) is 0 Å². The summed E-state index contributed by atoms with van der Waals surface area (Å²) < 4.78 is 0. The molecule has 0 bridgehead atoms. The molecule has 0 N–H and O–H groups in total. The van der Waals surface area contributed by atoms with Crippen LogP contribution in [0, 0.1) is 0 Å². The lowest BCUT2D eigenvalue weighted by Gasteiger charge is -2.44. The molecule has 0 fully saturated rings. The fourth-order valence-electron chi connectivity index (χ4n) is 10.2. The van der Waals surface area contributed by atoms with Crippen molar-refractivity contribution in [1.29, 1.82) is 0 Å². The van der Waals surface area contributed by atoms with Gasteiger partial charge in [-0.15, -0.1) is 0 Å². The second kappa shape index (κ2) is 9.94. The third-order valence-corrected chi connectivity index (χ3v) is 12.3. The highest BCUT2D eigenvalue weighted by Gasteiger charge is 2.43. The summed E-state index contributed by atoms with van der Waals surface area (Å²) in [5.41, 5.74) is 11.4. The SMILES string of the molecule is c1ccc2c(c1)B1c3ccccc3N(c3cc4cccc5ccc6cccc3c6c54)c3cccc(c31)N2c1cc2cccc3ccc4cccc1c4c32. The molecule has 0 unspecified atom stereocenters. The molecule has 0 amide bonds. The zero-order valence-electron chi connectivity index (χ0n) is 28.7. The molecule has 242 valence electrons. The molecule has 0 aliphatic carbocycles. The van der Waals surface area contributed by atoms with Gasteiger partial charge in [0.05, 0.1) is 11.4 Å². The molecule has 0 aromatic heterocycles. The maximum Gasteiger partial charge on any atom is 0.252 e. The normalized spacial score (nSPS) is 13.5. The summed E-state index contributed by atoms with van der Waals surface area (Å²) in [6.45, 7) is 0.0903.